The summed E-state index contributed by atoms with van der Waals surface area (Å²) in [5.41, 5.74) is 4.01. The molecule has 0 radical (unpaired) electrons. The van der Waals surface area contributed by atoms with Crippen LogP contribution < -0.4 is 20.1 Å². The summed E-state index contributed by atoms with van der Waals surface area (Å²) in [5, 5.41) is 6.17. The highest BCUT2D eigenvalue weighted by molar-refractivity contribution is 5.92. The SMILES string of the molecule is COc1ccc(OC)c(NC(=O)CCNc2cc(C)ccc2C)c1. The van der Waals surface area contributed by atoms with Gasteiger partial charge in [0.05, 0.1) is 19.9 Å². The zero-order valence-electron chi connectivity index (χ0n) is 14.6. The van der Waals surface area contributed by atoms with Crippen molar-refractivity contribution in [3.63, 3.8) is 0 Å². The number of amides is 1. The van der Waals surface area contributed by atoms with Crippen LogP contribution in [0.1, 0.15) is 17.5 Å². The third-order valence-electron chi connectivity index (χ3n) is 3.74. The molecule has 0 heterocycles. The molecule has 5 heteroatoms. The molecule has 128 valence electrons. The molecule has 0 aromatic heterocycles. The summed E-state index contributed by atoms with van der Waals surface area (Å²) in [6.45, 7) is 4.65. The van der Waals surface area contributed by atoms with E-state index in [9.17, 15) is 4.79 Å². The highest BCUT2D eigenvalue weighted by Gasteiger charge is 2.09. The molecule has 1 amide bonds. The lowest BCUT2D eigenvalue weighted by Gasteiger charge is -2.13. The predicted molar refractivity (Wildman–Crippen MR) is 97.2 cm³/mol. The van der Waals surface area contributed by atoms with E-state index < -0.39 is 0 Å². The molecule has 0 fully saturated rings. The summed E-state index contributed by atoms with van der Waals surface area (Å²) in [7, 11) is 3.15. The molecule has 0 aliphatic rings. The van der Waals surface area contributed by atoms with Gasteiger partial charge >= 0.3 is 0 Å². The number of benzene rings is 2. The van der Waals surface area contributed by atoms with Gasteiger partial charge in [-0.3, -0.25) is 4.79 Å². The summed E-state index contributed by atoms with van der Waals surface area (Å²) in [6, 6.07) is 11.5. The monoisotopic (exact) mass is 328 g/mol. The van der Waals surface area contributed by atoms with Crippen molar-refractivity contribution >= 4 is 17.3 Å². The number of aryl methyl sites for hydroxylation is 2. The van der Waals surface area contributed by atoms with E-state index in [2.05, 4.69) is 28.8 Å². The van der Waals surface area contributed by atoms with Crippen molar-refractivity contribution < 1.29 is 14.3 Å². The van der Waals surface area contributed by atoms with Gasteiger partial charge in [-0.2, -0.15) is 0 Å². The fourth-order valence-corrected chi connectivity index (χ4v) is 2.36. The molecule has 2 aromatic rings. The van der Waals surface area contributed by atoms with E-state index in [1.807, 2.05) is 13.8 Å². The molecule has 0 saturated carbocycles. The van der Waals surface area contributed by atoms with Crippen LogP contribution in [0.2, 0.25) is 0 Å². The summed E-state index contributed by atoms with van der Waals surface area (Å²) < 4.78 is 10.4. The molecule has 0 spiro atoms. The molecule has 2 rings (SSSR count). The lowest BCUT2D eigenvalue weighted by Crippen LogP contribution is -2.17. The van der Waals surface area contributed by atoms with Gasteiger partial charge in [-0.15, -0.1) is 0 Å². The van der Waals surface area contributed by atoms with Crippen LogP contribution in [0.15, 0.2) is 36.4 Å². The van der Waals surface area contributed by atoms with Crippen LogP contribution in [0, 0.1) is 13.8 Å². The number of hydrogen-bond acceptors (Lipinski definition) is 4. The molecule has 0 bridgehead atoms. The molecule has 0 aliphatic heterocycles. The Labute approximate surface area is 143 Å². The molecule has 0 saturated heterocycles. The minimum atomic E-state index is -0.0839. The fraction of sp³-hybridized carbons (Fsp3) is 0.316. The van der Waals surface area contributed by atoms with Crippen molar-refractivity contribution in [1.29, 1.82) is 0 Å². The first-order valence-corrected chi connectivity index (χ1v) is 7.86. The molecule has 2 aromatic carbocycles. The standard InChI is InChI=1S/C19H24N2O3/c1-13-5-6-14(2)16(11-13)20-10-9-19(22)21-17-12-15(23-3)7-8-18(17)24-4/h5-8,11-12,20H,9-10H2,1-4H3,(H,21,22). The van der Waals surface area contributed by atoms with Gasteiger partial charge in [0.25, 0.3) is 0 Å². The van der Waals surface area contributed by atoms with Gasteiger partial charge in [-0.05, 0) is 43.2 Å². The maximum Gasteiger partial charge on any atom is 0.226 e. The van der Waals surface area contributed by atoms with Gasteiger partial charge < -0.3 is 20.1 Å². The maximum absolute atomic E-state index is 12.2. The van der Waals surface area contributed by atoms with Crippen LogP contribution in [0.25, 0.3) is 0 Å². The van der Waals surface area contributed by atoms with Gasteiger partial charge in [0.1, 0.15) is 11.5 Å². The molecule has 2 N–H and O–H groups in total. The quantitative estimate of drug-likeness (QED) is 0.812. The Balaban J connectivity index is 1.93. The molecule has 0 aliphatic carbocycles. The van der Waals surface area contributed by atoms with Crippen molar-refractivity contribution in [2.75, 3.05) is 31.4 Å². The predicted octanol–water partition coefficient (Wildman–Crippen LogP) is 3.76. The van der Waals surface area contributed by atoms with E-state index in [1.54, 1.807) is 32.4 Å². The lowest BCUT2D eigenvalue weighted by atomic mass is 10.1. The highest BCUT2D eigenvalue weighted by atomic mass is 16.5. The number of carbonyl (C=O) groups excluding carboxylic acids is 1. The Kier molecular flexibility index (Phi) is 6.07. The lowest BCUT2D eigenvalue weighted by molar-refractivity contribution is -0.116. The third kappa shape index (κ3) is 4.65. The van der Waals surface area contributed by atoms with Crippen LogP contribution in [0.3, 0.4) is 0 Å². The average Bonchev–Trinajstić information content (AvgIpc) is 2.57. The van der Waals surface area contributed by atoms with Crippen LogP contribution in [0.5, 0.6) is 11.5 Å². The number of carbonyl (C=O) groups is 1. The Morgan fingerprint density at radius 3 is 2.50 bits per heavy atom. The maximum atomic E-state index is 12.2. The second-order valence-corrected chi connectivity index (χ2v) is 5.61. The van der Waals surface area contributed by atoms with Crippen molar-refractivity contribution in [2.45, 2.75) is 20.3 Å². The number of hydrogen-bond donors (Lipinski definition) is 2. The van der Waals surface area contributed by atoms with Gasteiger partial charge in [-0.1, -0.05) is 12.1 Å². The summed E-state index contributed by atoms with van der Waals surface area (Å²) in [6.07, 6.45) is 0.355. The Bertz CT molecular complexity index is 714. The van der Waals surface area contributed by atoms with E-state index in [0.717, 1.165) is 11.3 Å². The topological polar surface area (TPSA) is 59.6 Å². The van der Waals surface area contributed by atoms with E-state index in [1.165, 1.54) is 5.56 Å². The Morgan fingerprint density at radius 2 is 1.79 bits per heavy atom. The van der Waals surface area contributed by atoms with Gasteiger partial charge in [0.2, 0.25) is 5.91 Å². The zero-order valence-corrected chi connectivity index (χ0v) is 14.6. The molecular formula is C19H24N2O3. The molecule has 0 atom stereocenters. The first-order valence-electron chi connectivity index (χ1n) is 7.86. The fourth-order valence-electron chi connectivity index (χ4n) is 2.36. The summed E-state index contributed by atoms with van der Waals surface area (Å²) in [5.74, 6) is 1.19. The van der Waals surface area contributed by atoms with Crippen LogP contribution >= 0.6 is 0 Å². The molecular weight excluding hydrogens is 304 g/mol. The van der Waals surface area contributed by atoms with E-state index in [0.29, 0.717) is 30.2 Å². The number of ether oxygens (including phenoxy) is 2. The Morgan fingerprint density at radius 1 is 1.00 bits per heavy atom. The number of anilines is 2. The van der Waals surface area contributed by atoms with E-state index >= 15 is 0 Å². The van der Waals surface area contributed by atoms with E-state index in [4.69, 9.17) is 9.47 Å². The number of nitrogens with one attached hydrogen (secondary N) is 2. The first kappa shape index (κ1) is 17.7. The molecule has 5 nitrogen and oxygen atoms in total. The number of methoxy groups -OCH3 is 2. The number of rotatable bonds is 7. The van der Waals surface area contributed by atoms with Crippen LogP contribution in [0.4, 0.5) is 11.4 Å². The van der Waals surface area contributed by atoms with Crippen molar-refractivity contribution in [3.8, 4) is 11.5 Å². The van der Waals surface area contributed by atoms with Crippen molar-refractivity contribution in [2.24, 2.45) is 0 Å². The summed E-state index contributed by atoms with van der Waals surface area (Å²) in [4.78, 5) is 12.2. The van der Waals surface area contributed by atoms with Gasteiger partial charge in [-0.25, -0.2) is 0 Å². The Hall–Kier alpha value is -2.69. The smallest absolute Gasteiger partial charge is 0.226 e. The van der Waals surface area contributed by atoms with Gasteiger partial charge in [0, 0.05) is 24.7 Å². The molecule has 24 heavy (non-hydrogen) atoms. The average molecular weight is 328 g/mol. The van der Waals surface area contributed by atoms with Crippen molar-refractivity contribution in [1.82, 2.24) is 0 Å². The summed E-state index contributed by atoms with van der Waals surface area (Å²) >= 11 is 0. The van der Waals surface area contributed by atoms with Crippen molar-refractivity contribution in [3.05, 3.63) is 47.5 Å². The van der Waals surface area contributed by atoms with E-state index in [-0.39, 0.29) is 5.91 Å². The highest BCUT2D eigenvalue weighted by Crippen LogP contribution is 2.28. The van der Waals surface area contributed by atoms with Gasteiger partial charge in [0.15, 0.2) is 0 Å². The van der Waals surface area contributed by atoms with Crippen LogP contribution in [-0.4, -0.2) is 26.7 Å². The van der Waals surface area contributed by atoms with Crippen LogP contribution in [-0.2, 0) is 4.79 Å². The third-order valence-corrected chi connectivity index (χ3v) is 3.74. The second-order valence-electron chi connectivity index (χ2n) is 5.61. The zero-order chi connectivity index (χ0) is 17.5. The first-order chi connectivity index (χ1) is 11.5. The second kappa shape index (κ2) is 8.24. The minimum absolute atomic E-state index is 0.0839. The largest absolute Gasteiger partial charge is 0.497 e. The molecule has 0 unspecified atom stereocenters. The minimum Gasteiger partial charge on any atom is -0.497 e. The normalized spacial score (nSPS) is 10.2.